The summed E-state index contributed by atoms with van der Waals surface area (Å²) in [6, 6.07) is 34.9. The first kappa shape index (κ1) is 25.5. The zero-order valence-electron chi connectivity index (χ0n) is 22.2. The van der Waals surface area contributed by atoms with Gasteiger partial charge < -0.3 is 0 Å². The van der Waals surface area contributed by atoms with Crippen molar-refractivity contribution in [1.29, 1.82) is 0 Å². The Kier molecular flexibility index (Phi) is 7.82. The summed E-state index contributed by atoms with van der Waals surface area (Å²) in [6.07, 6.45) is 0. The Hall–Kier alpha value is -3.12. The molecule has 0 unspecified atom stereocenters. The van der Waals surface area contributed by atoms with Crippen molar-refractivity contribution < 1.29 is 0 Å². The fourth-order valence-corrected chi connectivity index (χ4v) is 5.34. The first-order valence-electron chi connectivity index (χ1n) is 12.8. The predicted molar refractivity (Wildman–Crippen MR) is 151 cm³/mol. The van der Waals surface area contributed by atoms with Crippen LogP contribution in [0.4, 0.5) is 0 Å². The number of benzene rings is 4. The lowest BCUT2D eigenvalue weighted by molar-refractivity contribution is 0.660. The summed E-state index contributed by atoms with van der Waals surface area (Å²) in [4.78, 5) is 0. The van der Waals surface area contributed by atoms with E-state index in [9.17, 15) is 0 Å². The topological polar surface area (TPSA) is 0 Å². The lowest BCUT2D eigenvalue weighted by atomic mass is 9.82. The van der Waals surface area contributed by atoms with Gasteiger partial charge in [-0.25, -0.2) is 0 Å². The molecule has 0 fully saturated rings. The van der Waals surface area contributed by atoms with Gasteiger partial charge in [0.05, 0.1) is 0 Å². The van der Waals surface area contributed by atoms with Gasteiger partial charge in [-0.15, -0.1) is 0 Å². The van der Waals surface area contributed by atoms with Crippen molar-refractivity contribution in [3.8, 4) is 22.3 Å². The fourth-order valence-electron chi connectivity index (χ4n) is 5.34. The Labute approximate surface area is 207 Å². The van der Waals surface area contributed by atoms with E-state index in [0.717, 1.165) is 0 Å². The zero-order valence-corrected chi connectivity index (χ0v) is 22.2. The van der Waals surface area contributed by atoms with Gasteiger partial charge in [-0.1, -0.05) is 152 Å². The van der Waals surface area contributed by atoms with Crippen LogP contribution in [0.15, 0.2) is 97.1 Å². The van der Waals surface area contributed by atoms with E-state index >= 15 is 0 Å². The molecule has 4 aromatic rings. The van der Waals surface area contributed by atoms with Crippen LogP contribution in [-0.2, 0) is 10.8 Å². The molecule has 0 radical (unpaired) electrons. The molecule has 0 amide bonds. The molecule has 176 valence electrons. The van der Waals surface area contributed by atoms with Crippen molar-refractivity contribution in [3.63, 3.8) is 0 Å². The molecule has 0 saturated carbocycles. The molecule has 34 heavy (non-hydrogen) atoms. The maximum atomic E-state index is 2.30. The van der Waals surface area contributed by atoms with E-state index in [1.54, 1.807) is 0 Å². The molecule has 0 heterocycles. The molecule has 6 rings (SSSR count). The second-order valence-corrected chi connectivity index (χ2v) is 9.43. The zero-order chi connectivity index (χ0) is 24.9. The Balaban J connectivity index is 0.000000167. The molecular weight excluding hydrogens is 408 g/mol. The molecule has 0 aromatic heterocycles. The number of rotatable bonds is 0. The molecular formula is C34H40. The lowest BCUT2D eigenvalue weighted by Crippen LogP contribution is -2.14. The SMILES string of the molecule is CC.CC.CC1(C)c2ccccc2-c2ccccc21.CC1(C)c2ccccc2-c2ccccc21. The second kappa shape index (κ2) is 10.4. The van der Waals surface area contributed by atoms with Crippen LogP contribution >= 0.6 is 0 Å². The molecule has 2 aliphatic rings. The Morgan fingerprint density at radius 3 is 0.706 bits per heavy atom. The molecule has 0 aliphatic heterocycles. The van der Waals surface area contributed by atoms with Crippen molar-refractivity contribution >= 4 is 0 Å². The van der Waals surface area contributed by atoms with Gasteiger partial charge in [-0.2, -0.15) is 0 Å². The predicted octanol–water partition coefficient (Wildman–Crippen LogP) is 10.0. The molecule has 0 atom stereocenters. The largest absolute Gasteiger partial charge is 0.0683 e. The summed E-state index contributed by atoms with van der Waals surface area (Å²) in [6.45, 7) is 17.2. The summed E-state index contributed by atoms with van der Waals surface area (Å²) >= 11 is 0. The maximum absolute atomic E-state index is 2.30. The number of hydrogen-bond acceptors (Lipinski definition) is 0. The van der Waals surface area contributed by atoms with Gasteiger partial charge in [0.15, 0.2) is 0 Å². The van der Waals surface area contributed by atoms with Crippen LogP contribution in [0.1, 0.15) is 77.6 Å². The minimum atomic E-state index is 0.160. The smallest absolute Gasteiger partial charge is 0.0158 e. The van der Waals surface area contributed by atoms with E-state index in [-0.39, 0.29) is 10.8 Å². The van der Waals surface area contributed by atoms with Gasteiger partial charge in [-0.05, 0) is 44.5 Å². The normalized spacial score (nSPS) is 14.4. The summed E-state index contributed by atoms with van der Waals surface area (Å²) in [5.74, 6) is 0. The molecule has 2 aliphatic carbocycles. The molecule has 0 bridgehead atoms. The highest BCUT2D eigenvalue weighted by atomic mass is 14.4. The van der Waals surface area contributed by atoms with Crippen LogP contribution in [0.5, 0.6) is 0 Å². The van der Waals surface area contributed by atoms with Gasteiger partial charge in [0, 0.05) is 10.8 Å². The molecule has 0 nitrogen and oxygen atoms in total. The maximum Gasteiger partial charge on any atom is 0.0158 e. The van der Waals surface area contributed by atoms with Gasteiger partial charge >= 0.3 is 0 Å². The second-order valence-electron chi connectivity index (χ2n) is 9.43. The minimum Gasteiger partial charge on any atom is -0.0683 e. The van der Waals surface area contributed by atoms with Crippen LogP contribution in [-0.4, -0.2) is 0 Å². The fraction of sp³-hybridized carbons (Fsp3) is 0.294. The van der Waals surface area contributed by atoms with Crippen molar-refractivity contribution in [2.45, 2.75) is 66.2 Å². The Morgan fingerprint density at radius 1 is 0.324 bits per heavy atom. The lowest BCUT2D eigenvalue weighted by Gasteiger charge is -2.20. The third-order valence-electron chi connectivity index (χ3n) is 6.98. The van der Waals surface area contributed by atoms with E-state index in [1.165, 1.54) is 44.5 Å². The quantitative estimate of drug-likeness (QED) is 0.251. The van der Waals surface area contributed by atoms with Crippen LogP contribution in [0.2, 0.25) is 0 Å². The van der Waals surface area contributed by atoms with E-state index < -0.39 is 0 Å². The first-order chi connectivity index (χ1) is 16.4. The Morgan fingerprint density at radius 2 is 0.500 bits per heavy atom. The summed E-state index contributed by atoms with van der Waals surface area (Å²) in [7, 11) is 0. The highest BCUT2D eigenvalue weighted by Crippen LogP contribution is 2.49. The summed E-state index contributed by atoms with van der Waals surface area (Å²) in [5.41, 5.74) is 11.7. The number of fused-ring (bicyclic) bond motifs is 6. The third-order valence-corrected chi connectivity index (χ3v) is 6.98. The van der Waals surface area contributed by atoms with Crippen LogP contribution in [0.25, 0.3) is 22.3 Å². The summed E-state index contributed by atoms with van der Waals surface area (Å²) in [5, 5.41) is 0. The van der Waals surface area contributed by atoms with E-state index in [2.05, 4.69) is 125 Å². The first-order valence-corrected chi connectivity index (χ1v) is 12.8. The molecule has 0 saturated heterocycles. The van der Waals surface area contributed by atoms with Gasteiger partial charge in [0.25, 0.3) is 0 Å². The van der Waals surface area contributed by atoms with Gasteiger partial charge in [0.2, 0.25) is 0 Å². The average Bonchev–Trinajstić information content (AvgIpc) is 3.28. The average molecular weight is 449 g/mol. The van der Waals surface area contributed by atoms with E-state index in [0.29, 0.717) is 0 Å². The standard InChI is InChI=1S/2C15H14.2C2H6/c2*1-15(2)13-9-5-3-7-11(13)12-8-4-6-10-14(12)15;2*1-2/h2*3-10H,1-2H3;2*1-2H3. The summed E-state index contributed by atoms with van der Waals surface area (Å²) < 4.78 is 0. The van der Waals surface area contributed by atoms with Crippen molar-refractivity contribution in [2.75, 3.05) is 0 Å². The van der Waals surface area contributed by atoms with Crippen LogP contribution in [0.3, 0.4) is 0 Å². The highest BCUT2D eigenvalue weighted by Gasteiger charge is 2.35. The minimum absolute atomic E-state index is 0.160. The molecule has 0 heteroatoms. The van der Waals surface area contributed by atoms with Crippen molar-refractivity contribution in [2.24, 2.45) is 0 Å². The van der Waals surface area contributed by atoms with Crippen molar-refractivity contribution in [3.05, 3.63) is 119 Å². The Bertz CT molecular complexity index is 1050. The third kappa shape index (κ3) is 4.23. The highest BCUT2D eigenvalue weighted by molar-refractivity contribution is 5.81. The molecule has 0 N–H and O–H groups in total. The molecule has 0 spiro atoms. The van der Waals surface area contributed by atoms with Crippen molar-refractivity contribution in [1.82, 2.24) is 0 Å². The van der Waals surface area contributed by atoms with Crippen LogP contribution < -0.4 is 0 Å². The monoisotopic (exact) mass is 448 g/mol. The van der Waals surface area contributed by atoms with E-state index in [4.69, 9.17) is 0 Å². The van der Waals surface area contributed by atoms with Crippen LogP contribution in [0, 0.1) is 0 Å². The van der Waals surface area contributed by atoms with E-state index in [1.807, 2.05) is 27.7 Å². The molecule has 4 aromatic carbocycles. The van der Waals surface area contributed by atoms with Gasteiger partial charge in [-0.3, -0.25) is 0 Å². The number of hydrogen-bond donors (Lipinski definition) is 0. The van der Waals surface area contributed by atoms with Gasteiger partial charge in [0.1, 0.15) is 0 Å².